The monoisotopic (exact) mass is 232 g/mol. The molecule has 0 saturated carbocycles. The molecule has 2 rings (SSSR count). The SMILES string of the molecule is CNc1ccc(CSc2ncccn2)cn1. The normalized spacial score (nSPS) is 10.1. The first-order valence-electron chi connectivity index (χ1n) is 4.91. The molecule has 1 N–H and O–H groups in total. The van der Waals surface area contributed by atoms with E-state index in [1.807, 2.05) is 25.4 Å². The maximum absolute atomic E-state index is 4.24. The van der Waals surface area contributed by atoms with Crippen LogP contribution in [0.4, 0.5) is 5.82 Å². The maximum atomic E-state index is 4.24. The zero-order valence-corrected chi connectivity index (χ0v) is 9.74. The number of nitrogens with one attached hydrogen (secondary N) is 1. The van der Waals surface area contributed by atoms with E-state index in [0.717, 1.165) is 22.3 Å². The van der Waals surface area contributed by atoms with Gasteiger partial charge in [0.2, 0.25) is 0 Å². The van der Waals surface area contributed by atoms with Crippen molar-refractivity contribution < 1.29 is 0 Å². The van der Waals surface area contributed by atoms with E-state index in [1.165, 1.54) is 0 Å². The number of aromatic nitrogens is 3. The molecule has 82 valence electrons. The number of nitrogens with zero attached hydrogens (tertiary/aromatic N) is 3. The quantitative estimate of drug-likeness (QED) is 0.647. The van der Waals surface area contributed by atoms with Gasteiger partial charge >= 0.3 is 0 Å². The minimum Gasteiger partial charge on any atom is -0.373 e. The molecule has 4 nitrogen and oxygen atoms in total. The highest BCUT2D eigenvalue weighted by Crippen LogP contribution is 2.18. The predicted octanol–water partition coefficient (Wildman–Crippen LogP) is 2.21. The van der Waals surface area contributed by atoms with E-state index < -0.39 is 0 Å². The number of hydrogen-bond donors (Lipinski definition) is 1. The Balaban J connectivity index is 1.94. The second-order valence-electron chi connectivity index (χ2n) is 3.12. The zero-order valence-electron chi connectivity index (χ0n) is 8.92. The molecular formula is C11H12N4S. The first-order chi connectivity index (χ1) is 7.88. The van der Waals surface area contributed by atoms with Crippen molar-refractivity contribution in [2.45, 2.75) is 10.9 Å². The van der Waals surface area contributed by atoms with Crippen LogP contribution in [0, 0.1) is 0 Å². The first kappa shape index (κ1) is 10.9. The number of pyridine rings is 1. The van der Waals surface area contributed by atoms with Crippen LogP contribution in [0.25, 0.3) is 0 Å². The summed E-state index contributed by atoms with van der Waals surface area (Å²) >= 11 is 1.60. The van der Waals surface area contributed by atoms with Crippen molar-refractivity contribution in [2.24, 2.45) is 0 Å². The summed E-state index contributed by atoms with van der Waals surface area (Å²) in [6.07, 6.45) is 5.36. The molecule has 2 aromatic rings. The summed E-state index contributed by atoms with van der Waals surface area (Å²) in [5.74, 6) is 1.71. The van der Waals surface area contributed by atoms with E-state index in [4.69, 9.17) is 0 Å². The molecule has 5 heteroatoms. The highest BCUT2D eigenvalue weighted by atomic mass is 32.2. The van der Waals surface area contributed by atoms with Crippen molar-refractivity contribution in [2.75, 3.05) is 12.4 Å². The predicted molar refractivity (Wildman–Crippen MR) is 65.4 cm³/mol. The summed E-state index contributed by atoms with van der Waals surface area (Å²) in [4.78, 5) is 12.5. The summed E-state index contributed by atoms with van der Waals surface area (Å²) in [7, 11) is 1.86. The van der Waals surface area contributed by atoms with Crippen LogP contribution in [0.5, 0.6) is 0 Å². The lowest BCUT2D eigenvalue weighted by Crippen LogP contribution is -1.92. The second-order valence-corrected chi connectivity index (χ2v) is 4.06. The van der Waals surface area contributed by atoms with Crippen molar-refractivity contribution in [1.82, 2.24) is 15.0 Å². The molecule has 0 aliphatic heterocycles. The van der Waals surface area contributed by atoms with Crippen LogP contribution in [0.2, 0.25) is 0 Å². The van der Waals surface area contributed by atoms with Gasteiger partial charge in [-0.1, -0.05) is 17.8 Å². The summed E-state index contributed by atoms with van der Waals surface area (Å²) in [5, 5.41) is 3.78. The molecule has 0 aromatic carbocycles. The third-order valence-electron chi connectivity index (χ3n) is 1.99. The van der Waals surface area contributed by atoms with E-state index >= 15 is 0 Å². The summed E-state index contributed by atoms with van der Waals surface area (Å²) in [6.45, 7) is 0. The Morgan fingerprint density at radius 2 is 2.00 bits per heavy atom. The number of anilines is 1. The van der Waals surface area contributed by atoms with Gasteiger partial charge in [0.05, 0.1) is 0 Å². The highest BCUT2D eigenvalue weighted by molar-refractivity contribution is 7.98. The largest absolute Gasteiger partial charge is 0.373 e. The molecule has 16 heavy (non-hydrogen) atoms. The van der Waals surface area contributed by atoms with Gasteiger partial charge in [0.25, 0.3) is 0 Å². The fourth-order valence-corrected chi connectivity index (χ4v) is 1.90. The molecule has 0 radical (unpaired) electrons. The second kappa shape index (κ2) is 5.46. The molecule has 0 unspecified atom stereocenters. The van der Waals surface area contributed by atoms with E-state index in [-0.39, 0.29) is 0 Å². The molecule has 0 fully saturated rings. The van der Waals surface area contributed by atoms with Crippen molar-refractivity contribution in [3.05, 3.63) is 42.4 Å². The van der Waals surface area contributed by atoms with Gasteiger partial charge in [0.15, 0.2) is 5.16 Å². The third-order valence-corrected chi connectivity index (χ3v) is 2.94. The molecule has 0 saturated heterocycles. The molecule has 0 atom stereocenters. The Morgan fingerprint density at radius 3 is 2.62 bits per heavy atom. The Bertz CT molecular complexity index is 429. The van der Waals surface area contributed by atoms with Crippen LogP contribution in [-0.2, 0) is 5.75 Å². The van der Waals surface area contributed by atoms with Gasteiger partial charge in [0.1, 0.15) is 5.82 Å². The maximum Gasteiger partial charge on any atom is 0.187 e. The molecule has 0 aliphatic rings. The van der Waals surface area contributed by atoms with E-state index in [9.17, 15) is 0 Å². The van der Waals surface area contributed by atoms with Crippen LogP contribution in [-0.4, -0.2) is 22.0 Å². The van der Waals surface area contributed by atoms with E-state index in [0.29, 0.717) is 0 Å². The van der Waals surface area contributed by atoms with Gasteiger partial charge in [-0.2, -0.15) is 0 Å². The smallest absolute Gasteiger partial charge is 0.187 e. The number of rotatable bonds is 4. The lowest BCUT2D eigenvalue weighted by molar-refractivity contribution is 0.966. The third kappa shape index (κ3) is 2.93. The fourth-order valence-electron chi connectivity index (χ4n) is 1.17. The van der Waals surface area contributed by atoms with Gasteiger partial charge in [-0.15, -0.1) is 0 Å². The summed E-state index contributed by atoms with van der Waals surface area (Å²) in [5.41, 5.74) is 1.16. The van der Waals surface area contributed by atoms with Crippen LogP contribution in [0.1, 0.15) is 5.56 Å². The van der Waals surface area contributed by atoms with Gasteiger partial charge < -0.3 is 5.32 Å². The van der Waals surface area contributed by atoms with Gasteiger partial charge in [-0.05, 0) is 17.7 Å². The van der Waals surface area contributed by atoms with Crippen molar-refractivity contribution >= 4 is 17.6 Å². The van der Waals surface area contributed by atoms with Gasteiger partial charge in [-0.25, -0.2) is 15.0 Å². The Labute approximate surface area is 98.6 Å². The van der Waals surface area contributed by atoms with E-state index in [2.05, 4.69) is 26.3 Å². The molecule has 0 spiro atoms. The van der Waals surface area contributed by atoms with Crippen LogP contribution >= 0.6 is 11.8 Å². The van der Waals surface area contributed by atoms with E-state index in [1.54, 1.807) is 24.2 Å². The molecular weight excluding hydrogens is 220 g/mol. The zero-order chi connectivity index (χ0) is 11.2. The van der Waals surface area contributed by atoms with Crippen molar-refractivity contribution in [3.8, 4) is 0 Å². The minimum absolute atomic E-state index is 0.792. The minimum atomic E-state index is 0.792. The van der Waals surface area contributed by atoms with Crippen molar-refractivity contribution in [1.29, 1.82) is 0 Å². The lowest BCUT2D eigenvalue weighted by atomic mass is 10.3. The molecule has 2 heterocycles. The standard InChI is InChI=1S/C11H12N4S/c1-12-10-4-3-9(7-15-10)8-16-11-13-5-2-6-14-11/h2-7H,8H2,1H3,(H,12,15). The fraction of sp³-hybridized carbons (Fsp3) is 0.182. The van der Waals surface area contributed by atoms with Crippen LogP contribution < -0.4 is 5.32 Å². The average Bonchev–Trinajstić information content (AvgIpc) is 2.38. The number of thioether (sulfide) groups is 1. The van der Waals surface area contributed by atoms with Gasteiger partial charge in [-0.3, -0.25) is 0 Å². The summed E-state index contributed by atoms with van der Waals surface area (Å²) in [6, 6.07) is 5.82. The topological polar surface area (TPSA) is 50.7 Å². The molecule has 2 aromatic heterocycles. The Kier molecular flexibility index (Phi) is 3.71. The Morgan fingerprint density at radius 1 is 1.19 bits per heavy atom. The van der Waals surface area contributed by atoms with Crippen LogP contribution in [0.15, 0.2) is 41.9 Å². The van der Waals surface area contributed by atoms with Crippen LogP contribution in [0.3, 0.4) is 0 Å². The molecule has 0 amide bonds. The molecule has 0 bridgehead atoms. The Hall–Kier alpha value is -1.62. The number of hydrogen-bond acceptors (Lipinski definition) is 5. The highest BCUT2D eigenvalue weighted by Gasteiger charge is 1.98. The summed E-state index contributed by atoms with van der Waals surface area (Å²) < 4.78 is 0. The average molecular weight is 232 g/mol. The van der Waals surface area contributed by atoms with Crippen molar-refractivity contribution in [3.63, 3.8) is 0 Å². The first-order valence-corrected chi connectivity index (χ1v) is 5.89. The lowest BCUT2D eigenvalue weighted by Gasteiger charge is -2.02. The van der Waals surface area contributed by atoms with Gasteiger partial charge in [0, 0.05) is 31.4 Å². The molecule has 0 aliphatic carbocycles.